The van der Waals surface area contributed by atoms with E-state index < -0.39 is 5.97 Å². The molecule has 2 unspecified atom stereocenters. The third-order valence-corrected chi connectivity index (χ3v) is 3.85. The van der Waals surface area contributed by atoms with Crippen molar-refractivity contribution in [3.05, 3.63) is 0 Å². The molecule has 5 nitrogen and oxygen atoms in total. The zero-order valence-electron chi connectivity index (χ0n) is 10.9. The summed E-state index contributed by atoms with van der Waals surface area (Å²) >= 11 is 0. The van der Waals surface area contributed by atoms with Crippen LogP contribution in [0.15, 0.2) is 0 Å². The van der Waals surface area contributed by atoms with E-state index in [2.05, 4.69) is 10.2 Å². The van der Waals surface area contributed by atoms with Gasteiger partial charge in [0.2, 0.25) is 0 Å². The second-order valence-corrected chi connectivity index (χ2v) is 5.27. The lowest BCUT2D eigenvalue weighted by Crippen LogP contribution is -2.43. The molecule has 0 saturated carbocycles. The summed E-state index contributed by atoms with van der Waals surface area (Å²) in [4.78, 5) is 13.1. The van der Waals surface area contributed by atoms with E-state index in [4.69, 9.17) is 9.84 Å². The van der Waals surface area contributed by atoms with Crippen molar-refractivity contribution < 1.29 is 14.6 Å². The van der Waals surface area contributed by atoms with Crippen LogP contribution in [0.3, 0.4) is 0 Å². The highest BCUT2D eigenvalue weighted by Gasteiger charge is 2.26. The van der Waals surface area contributed by atoms with Gasteiger partial charge in [-0.05, 0) is 38.8 Å². The molecular formula is C13H24N2O3. The first-order valence-electron chi connectivity index (χ1n) is 7.04. The molecule has 0 aliphatic carbocycles. The minimum atomic E-state index is -0.698. The van der Waals surface area contributed by atoms with Crippen LogP contribution < -0.4 is 5.32 Å². The minimum absolute atomic E-state index is 0.258. The van der Waals surface area contributed by atoms with Gasteiger partial charge in [-0.25, -0.2) is 0 Å². The van der Waals surface area contributed by atoms with Crippen molar-refractivity contribution in [3.8, 4) is 0 Å². The molecule has 0 bridgehead atoms. The summed E-state index contributed by atoms with van der Waals surface area (Å²) in [5.41, 5.74) is 0. The van der Waals surface area contributed by atoms with E-state index in [1.807, 2.05) is 0 Å². The normalized spacial score (nSPS) is 30.2. The average Bonchev–Trinajstić information content (AvgIpc) is 2.74. The zero-order chi connectivity index (χ0) is 12.8. The van der Waals surface area contributed by atoms with Crippen molar-refractivity contribution in [1.29, 1.82) is 0 Å². The first kappa shape index (κ1) is 13.8. The van der Waals surface area contributed by atoms with Gasteiger partial charge in [-0.15, -0.1) is 0 Å². The second-order valence-electron chi connectivity index (χ2n) is 5.27. The number of nitrogens with zero attached hydrogens (tertiary/aromatic N) is 1. The van der Waals surface area contributed by atoms with Gasteiger partial charge in [0, 0.05) is 32.2 Å². The predicted molar refractivity (Wildman–Crippen MR) is 68.7 cm³/mol. The molecular weight excluding hydrogens is 232 g/mol. The number of carboxylic acid groups (broad SMARTS) is 1. The second kappa shape index (κ2) is 7.07. The minimum Gasteiger partial charge on any atom is -0.481 e. The number of hydrogen-bond acceptors (Lipinski definition) is 4. The maximum Gasteiger partial charge on any atom is 0.303 e. The summed E-state index contributed by atoms with van der Waals surface area (Å²) in [5, 5.41) is 12.2. The molecule has 2 aliphatic heterocycles. The van der Waals surface area contributed by atoms with Gasteiger partial charge < -0.3 is 15.2 Å². The van der Waals surface area contributed by atoms with Crippen molar-refractivity contribution in [2.45, 2.75) is 44.2 Å². The summed E-state index contributed by atoms with van der Waals surface area (Å²) in [6, 6.07) is 0.341. The lowest BCUT2D eigenvalue weighted by molar-refractivity contribution is -0.137. The van der Waals surface area contributed by atoms with E-state index >= 15 is 0 Å². The van der Waals surface area contributed by atoms with Crippen LogP contribution in [0.4, 0.5) is 0 Å². The molecule has 0 aromatic carbocycles. The van der Waals surface area contributed by atoms with Gasteiger partial charge in [0.05, 0.1) is 6.10 Å². The number of carbonyl (C=O) groups is 1. The smallest absolute Gasteiger partial charge is 0.303 e. The van der Waals surface area contributed by atoms with Crippen LogP contribution in [0.1, 0.15) is 32.1 Å². The standard InChI is InChI=1S/C13H24N2O3/c16-13(17)5-4-11-9-14-6-2-7-15(11)10-12-3-1-8-18-12/h11-12,14H,1-10H2,(H,16,17). The molecule has 0 aromatic rings. The van der Waals surface area contributed by atoms with Crippen molar-refractivity contribution in [2.24, 2.45) is 0 Å². The monoisotopic (exact) mass is 256 g/mol. The highest BCUT2D eigenvalue weighted by molar-refractivity contribution is 5.66. The Labute approximate surface area is 108 Å². The van der Waals surface area contributed by atoms with Gasteiger partial charge >= 0.3 is 5.97 Å². The molecule has 104 valence electrons. The molecule has 0 spiro atoms. The third-order valence-electron chi connectivity index (χ3n) is 3.85. The van der Waals surface area contributed by atoms with E-state index in [-0.39, 0.29) is 6.42 Å². The lowest BCUT2D eigenvalue weighted by Gasteiger charge is -2.31. The number of carboxylic acids is 1. The topological polar surface area (TPSA) is 61.8 Å². The van der Waals surface area contributed by atoms with Crippen LogP contribution in [-0.4, -0.2) is 60.9 Å². The molecule has 0 aromatic heterocycles. The molecule has 2 heterocycles. The van der Waals surface area contributed by atoms with Crippen molar-refractivity contribution in [1.82, 2.24) is 10.2 Å². The van der Waals surface area contributed by atoms with Crippen LogP contribution in [0, 0.1) is 0 Å². The van der Waals surface area contributed by atoms with Gasteiger partial charge in [-0.2, -0.15) is 0 Å². The Hall–Kier alpha value is -0.650. The van der Waals surface area contributed by atoms with Crippen LogP contribution in [0.25, 0.3) is 0 Å². The maximum atomic E-state index is 10.7. The summed E-state index contributed by atoms with van der Waals surface area (Å²) in [6.07, 6.45) is 4.79. The summed E-state index contributed by atoms with van der Waals surface area (Å²) in [5.74, 6) is -0.698. The van der Waals surface area contributed by atoms with Crippen LogP contribution >= 0.6 is 0 Å². The van der Waals surface area contributed by atoms with E-state index in [0.29, 0.717) is 12.1 Å². The molecule has 5 heteroatoms. The molecule has 0 radical (unpaired) electrons. The zero-order valence-corrected chi connectivity index (χ0v) is 10.9. The summed E-state index contributed by atoms with van der Waals surface area (Å²) < 4.78 is 5.69. The summed E-state index contributed by atoms with van der Waals surface area (Å²) in [6.45, 7) is 4.84. The molecule has 0 amide bonds. The Bertz CT molecular complexity index is 267. The van der Waals surface area contributed by atoms with Crippen LogP contribution in [0.2, 0.25) is 0 Å². The van der Waals surface area contributed by atoms with Crippen LogP contribution in [-0.2, 0) is 9.53 Å². The summed E-state index contributed by atoms with van der Waals surface area (Å²) in [7, 11) is 0. The molecule has 2 rings (SSSR count). The third kappa shape index (κ3) is 4.23. The molecule has 2 saturated heterocycles. The Kier molecular flexibility index (Phi) is 5.41. The highest BCUT2D eigenvalue weighted by atomic mass is 16.5. The fourth-order valence-corrected chi connectivity index (χ4v) is 2.85. The molecule has 2 aliphatic rings. The number of aliphatic carboxylic acids is 1. The molecule has 2 fully saturated rings. The SMILES string of the molecule is O=C(O)CCC1CNCCCN1CC1CCCO1. The molecule has 2 N–H and O–H groups in total. The van der Waals surface area contributed by atoms with Gasteiger partial charge in [0.25, 0.3) is 0 Å². The van der Waals surface area contributed by atoms with E-state index in [1.54, 1.807) is 0 Å². The van der Waals surface area contributed by atoms with E-state index in [9.17, 15) is 4.79 Å². The fourth-order valence-electron chi connectivity index (χ4n) is 2.85. The molecule has 18 heavy (non-hydrogen) atoms. The van der Waals surface area contributed by atoms with Crippen molar-refractivity contribution >= 4 is 5.97 Å². The van der Waals surface area contributed by atoms with Crippen molar-refractivity contribution in [2.75, 3.05) is 32.8 Å². The number of ether oxygens (including phenoxy) is 1. The first-order valence-corrected chi connectivity index (χ1v) is 7.04. The predicted octanol–water partition coefficient (Wildman–Crippen LogP) is 0.694. The van der Waals surface area contributed by atoms with Crippen LogP contribution in [0.5, 0.6) is 0 Å². The highest BCUT2D eigenvalue weighted by Crippen LogP contribution is 2.17. The van der Waals surface area contributed by atoms with Gasteiger partial charge in [0.15, 0.2) is 0 Å². The van der Waals surface area contributed by atoms with Gasteiger partial charge in [0.1, 0.15) is 0 Å². The van der Waals surface area contributed by atoms with Gasteiger partial charge in [-0.1, -0.05) is 0 Å². The Morgan fingerprint density at radius 3 is 3.06 bits per heavy atom. The average molecular weight is 256 g/mol. The lowest BCUT2D eigenvalue weighted by atomic mass is 10.1. The maximum absolute atomic E-state index is 10.7. The van der Waals surface area contributed by atoms with Gasteiger partial charge in [-0.3, -0.25) is 9.69 Å². The van der Waals surface area contributed by atoms with Crippen molar-refractivity contribution in [3.63, 3.8) is 0 Å². The Morgan fingerprint density at radius 1 is 1.44 bits per heavy atom. The van der Waals surface area contributed by atoms with E-state index in [0.717, 1.165) is 58.5 Å². The quantitative estimate of drug-likeness (QED) is 0.758. The molecule has 2 atom stereocenters. The largest absolute Gasteiger partial charge is 0.481 e. The number of nitrogens with one attached hydrogen (secondary N) is 1. The number of rotatable bonds is 5. The first-order chi connectivity index (χ1) is 8.75. The van der Waals surface area contributed by atoms with E-state index in [1.165, 1.54) is 0 Å². The Balaban J connectivity index is 1.86. The fraction of sp³-hybridized carbons (Fsp3) is 0.923. The Morgan fingerprint density at radius 2 is 2.33 bits per heavy atom. The number of hydrogen-bond donors (Lipinski definition) is 2.